The molecule has 128 valence electrons. The normalized spacial score (nSPS) is 10.1. The van der Waals surface area contributed by atoms with Crippen LogP contribution in [0.3, 0.4) is 0 Å². The summed E-state index contributed by atoms with van der Waals surface area (Å²) in [6.07, 6.45) is 0.448. The Labute approximate surface area is 136 Å². The maximum atomic E-state index is 12.0. The number of aryl methyl sites for hydroxylation is 1. The Morgan fingerprint density at radius 1 is 1.22 bits per heavy atom. The van der Waals surface area contributed by atoms with Gasteiger partial charge in [0.2, 0.25) is 0 Å². The van der Waals surface area contributed by atoms with Gasteiger partial charge in [-0.1, -0.05) is 0 Å². The molecule has 0 atom stereocenters. The molecular formula is C16H24N2O5. The van der Waals surface area contributed by atoms with E-state index in [1.165, 1.54) is 4.90 Å². The van der Waals surface area contributed by atoms with E-state index in [9.17, 15) is 9.59 Å². The van der Waals surface area contributed by atoms with Gasteiger partial charge in [-0.05, 0) is 36.6 Å². The smallest absolute Gasteiger partial charge is 0.317 e. The van der Waals surface area contributed by atoms with Crippen molar-refractivity contribution in [3.63, 3.8) is 0 Å². The van der Waals surface area contributed by atoms with Crippen LogP contribution in [-0.4, -0.2) is 49.8 Å². The molecule has 1 rings (SSSR count). The van der Waals surface area contributed by atoms with Crippen molar-refractivity contribution >= 4 is 12.0 Å². The number of urea groups is 1. The number of benzene rings is 1. The van der Waals surface area contributed by atoms with Crippen LogP contribution < -0.4 is 14.8 Å². The van der Waals surface area contributed by atoms with Gasteiger partial charge >= 0.3 is 12.0 Å². The third-order valence-electron chi connectivity index (χ3n) is 3.44. The van der Waals surface area contributed by atoms with Gasteiger partial charge in [0.15, 0.2) is 11.5 Å². The van der Waals surface area contributed by atoms with Gasteiger partial charge < -0.3 is 24.8 Å². The number of carboxylic acids is 1. The predicted octanol–water partition coefficient (Wildman–Crippen LogP) is 2.02. The van der Waals surface area contributed by atoms with Gasteiger partial charge in [0.25, 0.3) is 0 Å². The first-order valence-corrected chi connectivity index (χ1v) is 7.31. The van der Waals surface area contributed by atoms with Crippen LogP contribution in [-0.2, 0) is 11.3 Å². The average Bonchev–Trinajstić information content (AvgIpc) is 2.52. The first kappa shape index (κ1) is 18.6. The largest absolute Gasteiger partial charge is 0.493 e. The van der Waals surface area contributed by atoms with Crippen LogP contribution in [0, 0.1) is 6.92 Å². The molecule has 1 aromatic carbocycles. The minimum absolute atomic E-state index is 0.0405. The number of nitrogens with zero attached hydrogens (tertiary/aromatic N) is 1. The summed E-state index contributed by atoms with van der Waals surface area (Å²) in [5.74, 6) is 0.395. The van der Waals surface area contributed by atoms with Crippen LogP contribution in [0.25, 0.3) is 0 Å². The Morgan fingerprint density at radius 2 is 1.83 bits per heavy atom. The number of amides is 2. The van der Waals surface area contributed by atoms with E-state index in [0.717, 1.165) is 11.1 Å². The molecule has 0 heterocycles. The topological polar surface area (TPSA) is 88.1 Å². The Morgan fingerprint density at radius 3 is 2.39 bits per heavy atom. The summed E-state index contributed by atoms with van der Waals surface area (Å²) >= 11 is 0. The zero-order chi connectivity index (χ0) is 17.4. The van der Waals surface area contributed by atoms with Crippen molar-refractivity contribution in [3.05, 3.63) is 23.3 Å². The summed E-state index contributed by atoms with van der Waals surface area (Å²) in [7, 11) is 4.83. The van der Waals surface area contributed by atoms with Gasteiger partial charge in [-0.3, -0.25) is 4.79 Å². The van der Waals surface area contributed by atoms with Crippen LogP contribution in [0.5, 0.6) is 11.5 Å². The van der Waals surface area contributed by atoms with Gasteiger partial charge in [-0.15, -0.1) is 0 Å². The number of nitrogens with one attached hydrogen (secondary N) is 1. The van der Waals surface area contributed by atoms with Crippen molar-refractivity contribution in [2.24, 2.45) is 0 Å². The third-order valence-corrected chi connectivity index (χ3v) is 3.44. The predicted molar refractivity (Wildman–Crippen MR) is 86.0 cm³/mol. The lowest BCUT2D eigenvalue weighted by molar-refractivity contribution is -0.137. The van der Waals surface area contributed by atoms with Crippen molar-refractivity contribution in [3.8, 4) is 11.5 Å². The van der Waals surface area contributed by atoms with Crippen molar-refractivity contribution in [2.75, 3.05) is 27.8 Å². The van der Waals surface area contributed by atoms with Crippen LogP contribution >= 0.6 is 0 Å². The highest BCUT2D eigenvalue weighted by molar-refractivity contribution is 5.74. The highest BCUT2D eigenvalue weighted by Crippen LogP contribution is 2.30. The first-order valence-electron chi connectivity index (χ1n) is 7.31. The van der Waals surface area contributed by atoms with Gasteiger partial charge in [0.1, 0.15) is 0 Å². The fourth-order valence-electron chi connectivity index (χ4n) is 2.09. The minimum Gasteiger partial charge on any atom is -0.493 e. The Hall–Kier alpha value is -2.44. The van der Waals surface area contributed by atoms with Gasteiger partial charge in [0.05, 0.1) is 14.2 Å². The number of aliphatic carboxylic acids is 1. The maximum Gasteiger partial charge on any atom is 0.317 e. The lowest BCUT2D eigenvalue weighted by Gasteiger charge is -2.20. The van der Waals surface area contributed by atoms with Crippen molar-refractivity contribution in [1.82, 2.24) is 10.2 Å². The number of carbonyl (C=O) groups excluding carboxylic acids is 1. The van der Waals surface area contributed by atoms with E-state index >= 15 is 0 Å². The number of carbonyl (C=O) groups is 2. The monoisotopic (exact) mass is 324 g/mol. The average molecular weight is 324 g/mol. The second-order valence-electron chi connectivity index (χ2n) is 5.22. The number of methoxy groups -OCH3 is 2. The van der Waals surface area contributed by atoms with Crippen LogP contribution in [0.4, 0.5) is 4.79 Å². The molecular weight excluding hydrogens is 300 g/mol. The Balaban J connectivity index is 2.64. The maximum absolute atomic E-state index is 12.0. The Bertz CT molecular complexity index is 560. The zero-order valence-corrected chi connectivity index (χ0v) is 14.0. The van der Waals surface area contributed by atoms with E-state index in [1.807, 2.05) is 19.1 Å². The highest BCUT2D eigenvalue weighted by atomic mass is 16.5. The molecule has 0 aliphatic heterocycles. The molecule has 0 spiro atoms. The third kappa shape index (κ3) is 5.69. The molecule has 0 saturated heterocycles. The van der Waals surface area contributed by atoms with E-state index in [0.29, 0.717) is 31.0 Å². The molecule has 0 aliphatic carbocycles. The van der Waals surface area contributed by atoms with Gasteiger partial charge in [0, 0.05) is 26.6 Å². The molecule has 2 amide bonds. The van der Waals surface area contributed by atoms with E-state index < -0.39 is 5.97 Å². The summed E-state index contributed by atoms with van der Waals surface area (Å²) in [6, 6.07) is 3.47. The van der Waals surface area contributed by atoms with Gasteiger partial charge in [-0.2, -0.15) is 0 Å². The standard InChI is InChI=1S/C16H24N2O5/c1-11-8-13(22-3)14(23-4)9-12(11)10-18(2)16(21)17-7-5-6-15(19)20/h8-9H,5-7,10H2,1-4H3,(H,17,21)(H,19,20). The molecule has 7 heteroatoms. The summed E-state index contributed by atoms with van der Waals surface area (Å²) in [6.45, 7) is 2.69. The molecule has 1 aromatic rings. The lowest BCUT2D eigenvalue weighted by atomic mass is 10.1. The molecule has 23 heavy (non-hydrogen) atoms. The van der Waals surface area contributed by atoms with Crippen molar-refractivity contribution in [2.45, 2.75) is 26.3 Å². The minimum atomic E-state index is -0.867. The first-order chi connectivity index (χ1) is 10.9. The number of hydrogen-bond acceptors (Lipinski definition) is 4. The molecule has 0 radical (unpaired) electrons. The molecule has 0 fully saturated rings. The Kier molecular flexibility index (Phi) is 7.18. The van der Waals surface area contributed by atoms with Crippen molar-refractivity contribution < 1.29 is 24.2 Å². The number of carboxylic acid groups (broad SMARTS) is 1. The summed E-state index contributed by atoms with van der Waals surface area (Å²) in [4.78, 5) is 24.0. The molecule has 0 bridgehead atoms. The molecule has 0 unspecified atom stereocenters. The number of hydrogen-bond donors (Lipinski definition) is 2. The molecule has 7 nitrogen and oxygen atoms in total. The van der Waals surface area contributed by atoms with Crippen LogP contribution in [0.2, 0.25) is 0 Å². The molecule has 0 saturated carbocycles. The second-order valence-corrected chi connectivity index (χ2v) is 5.22. The quantitative estimate of drug-likeness (QED) is 0.714. The fraction of sp³-hybridized carbons (Fsp3) is 0.500. The lowest BCUT2D eigenvalue weighted by Crippen LogP contribution is -2.37. The molecule has 0 aromatic heterocycles. The number of rotatable bonds is 8. The van der Waals surface area contributed by atoms with Crippen LogP contribution in [0.15, 0.2) is 12.1 Å². The van der Waals surface area contributed by atoms with E-state index in [4.69, 9.17) is 14.6 Å². The van der Waals surface area contributed by atoms with Crippen molar-refractivity contribution in [1.29, 1.82) is 0 Å². The molecule has 2 N–H and O–H groups in total. The summed E-state index contributed by atoms with van der Waals surface area (Å²) < 4.78 is 10.5. The van der Waals surface area contributed by atoms with E-state index in [-0.39, 0.29) is 12.5 Å². The number of ether oxygens (including phenoxy) is 2. The second kappa shape index (κ2) is 8.87. The zero-order valence-electron chi connectivity index (χ0n) is 14.0. The summed E-state index contributed by atoms with van der Waals surface area (Å²) in [5, 5.41) is 11.3. The highest BCUT2D eigenvalue weighted by Gasteiger charge is 2.13. The SMILES string of the molecule is COc1cc(C)c(CN(C)C(=O)NCCCC(=O)O)cc1OC. The van der Waals surface area contributed by atoms with Crippen LogP contribution in [0.1, 0.15) is 24.0 Å². The summed E-state index contributed by atoms with van der Waals surface area (Å²) in [5.41, 5.74) is 1.94. The van der Waals surface area contributed by atoms with E-state index in [1.54, 1.807) is 21.3 Å². The van der Waals surface area contributed by atoms with E-state index in [2.05, 4.69) is 5.32 Å². The molecule has 0 aliphatic rings. The fourth-order valence-corrected chi connectivity index (χ4v) is 2.09. The van der Waals surface area contributed by atoms with Gasteiger partial charge in [-0.25, -0.2) is 4.79 Å².